The van der Waals surface area contributed by atoms with Gasteiger partial charge in [-0.15, -0.1) is 0 Å². The minimum absolute atomic E-state index is 0.140. The minimum atomic E-state index is 0.140. The summed E-state index contributed by atoms with van der Waals surface area (Å²) in [7, 11) is 0. The first-order chi connectivity index (χ1) is 9.56. The zero-order chi connectivity index (χ0) is 14.5. The van der Waals surface area contributed by atoms with Crippen LogP contribution in [0.4, 0.5) is 5.95 Å². The summed E-state index contributed by atoms with van der Waals surface area (Å²) in [4.78, 5) is 24.1. The SMILES string of the molecule is CC(=O)N1CCN(c2ncc(CNC(C)C)cn2)CC1. The Kier molecular flexibility index (Phi) is 4.89. The highest BCUT2D eigenvalue weighted by atomic mass is 16.2. The Morgan fingerprint density at radius 3 is 2.35 bits per heavy atom. The molecule has 0 aromatic carbocycles. The summed E-state index contributed by atoms with van der Waals surface area (Å²) >= 11 is 0. The Hall–Kier alpha value is -1.69. The third kappa shape index (κ3) is 3.90. The van der Waals surface area contributed by atoms with Crippen molar-refractivity contribution in [3.05, 3.63) is 18.0 Å². The van der Waals surface area contributed by atoms with Gasteiger partial charge in [-0.05, 0) is 0 Å². The molecule has 2 rings (SSSR count). The molecular formula is C14H23N5O. The van der Waals surface area contributed by atoms with E-state index in [-0.39, 0.29) is 5.91 Å². The number of anilines is 1. The molecule has 1 N–H and O–H groups in total. The molecule has 1 aromatic heterocycles. The molecule has 0 bridgehead atoms. The number of piperazine rings is 1. The first-order valence-corrected chi connectivity index (χ1v) is 7.11. The van der Waals surface area contributed by atoms with E-state index in [1.807, 2.05) is 17.3 Å². The van der Waals surface area contributed by atoms with E-state index in [2.05, 4.69) is 34.0 Å². The first-order valence-electron chi connectivity index (χ1n) is 7.11. The van der Waals surface area contributed by atoms with E-state index in [4.69, 9.17) is 0 Å². The molecule has 0 radical (unpaired) electrons. The fraction of sp³-hybridized carbons (Fsp3) is 0.643. The molecule has 1 aromatic rings. The average molecular weight is 277 g/mol. The van der Waals surface area contributed by atoms with Crippen LogP contribution in [0.3, 0.4) is 0 Å². The number of carbonyl (C=O) groups is 1. The summed E-state index contributed by atoms with van der Waals surface area (Å²) < 4.78 is 0. The molecule has 6 heteroatoms. The summed E-state index contributed by atoms with van der Waals surface area (Å²) in [6, 6.07) is 0.453. The number of hydrogen-bond donors (Lipinski definition) is 1. The molecule has 1 aliphatic heterocycles. The van der Waals surface area contributed by atoms with Crippen LogP contribution in [0.15, 0.2) is 12.4 Å². The van der Waals surface area contributed by atoms with Crippen molar-refractivity contribution in [3.63, 3.8) is 0 Å². The first kappa shape index (κ1) is 14.7. The van der Waals surface area contributed by atoms with Gasteiger partial charge in [0, 0.05) is 63.6 Å². The second-order valence-electron chi connectivity index (χ2n) is 5.42. The molecule has 2 heterocycles. The number of hydrogen-bond acceptors (Lipinski definition) is 5. The van der Waals surface area contributed by atoms with Gasteiger partial charge in [0.05, 0.1) is 0 Å². The van der Waals surface area contributed by atoms with Crippen LogP contribution in [0.25, 0.3) is 0 Å². The summed E-state index contributed by atoms with van der Waals surface area (Å²) in [6.45, 7) is 9.71. The Bertz CT molecular complexity index is 437. The molecule has 20 heavy (non-hydrogen) atoms. The van der Waals surface area contributed by atoms with Gasteiger partial charge in [0.2, 0.25) is 11.9 Å². The van der Waals surface area contributed by atoms with E-state index < -0.39 is 0 Å². The fourth-order valence-electron chi connectivity index (χ4n) is 2.15. The van der Waals surface area contributed by atoms with E-state index in [1.165, 1.54) is 0 Å². The van der Waals surface area contributed by atoms with Crippen molar-refractivity contribution in [1.29, 1.82) is 0 Å². The quantitative estimate of drug-likeness (QED) is 0.875. The summed E-state index contributed by atoms with van der Waals surface area (Å²) in [6.07, 6.45) is 3.74. The largest absolute Gasteiger partial charge is 0.339 e. The van der Waals surface area contributed by atoms with E-state index in [0.717, 1.165) is 44.2 Å². The van der Waals surface area contributed by atoms with Gasteiger partial charge in [-0.1, -0.05) is 13.8 Å². The zero-order valence-electron chi connectivity index (χ0n) is 12.5. The van der Waals surface area contributed by atoms with Gasteiger partial charge < -0.3 is 15.1 Å². The zero-order valence-corrected chi connectivity index (χ0v) is 12.5. The fourth-order valence-corrected chi connectivity index (χ4v) is 2.15. The number of carbonyl (C=O) groups excluding carboxylic acids is 1. The van der Waals surface area contributed by atoms with E-state index in [0.29, 0.717) is 6.04 Å². The van der Waals surface area contributed by atoms with Crippen molar-refractivity contribution in [2.45, 2.75) is 33.4 Å². The normalized spacial score (nSPS) is 15.8. The van der Waals surface area contributed by atoms with Crippen molar-refractivity contribution in [2.24, 2.45) is 0 Å². The molecule has 6 nitrogen and oxygen atoms in total. The van der Waals surface area contributed by atoms with Gasteiger partial charge in [-0.2, -0.15) is 0 Å². The van der Waals surface area contributed by atoms with Crippen LogP contribution < -0.4 is 10.2 Å². The van der Waals surface area contributed by atoms with Gasteiger partial charge >= 0.3 is 0 Å². The molecule has 1 aliphatic rings. The lowest BCUT2D eigenvalue weighted by molar-refractivity contribution is -0.129. The van der Waals surface area contributed by atoms with Gasteiger partial charge in [0.1, 0.15) is 0 Å². The van der Waals surface area contributed by atoms with Crippen LogP contribution in [0.5, 0.6) is 0 Å². The van der Waals surface area contributed by atoms with E-state index in [9.17, 15) is 4.79 Å². The summed E-state index contributed by atoms with van der Waals surface area (Å²) in [5.74, 6) is 0.891. The molecular weight excluding hydrogens is 254 g/mol. The number of nitrogens with zero attached hydrogens (tertiary/aromatic N) is 4. The third-order valence-electron chi connectivity index (χ3n) is 3.41. The Morgan fingerprint density at radius 2 is 1.85 bits per heavy atom. The van der Waals surface area contributed by atoms with Crippen LogP contribution in [-0.4, -0.2) is 53.0 Å². The number of amides is 1. The van der Waals surface area contributed by atoms with Gasteiger partial charge in [0.15, 0.2) is 0 Å². The highest BCUT2D eigenvalue weighted by Gasteiger charge is 2.20. The Balaban J connectivity index is 1.89. The standard InChI is InChI=1S/C14H23N5O/c1-11(2)15-8-13-9-16-14(17-10-13)19-6-4-18(5-7-19)12(3)20/h9-11,15H,4-8H2,1-3H3. The molecule has 0 saturated carbocycles. The van der Waals surface area contributed by atoms with Gasteiger partial charge in [-0.3, -0.25) is 4.79 Å². The second-order valence-corrected chi connectivity index (χ2v) is 5.42. The molecule has 1 fully saturated rings. The van der Waals surface area contributed by atoms with Crippen LogP contribution >= 0.6 is 0 Å². The maximum Gasteiger partial charge on any atom is 0.225 e. The molecule has 0 spiro atoms. The lowest BCUT2D eigenvalue weighted by atomic mass is 10.3. The molecule has 0 aliphatic carbocycles. The lowest BCUT2D eigenvalue weighted by Crippen LogP contribution is -2.48. The van der Waals surface area contributed by atoms with Crippen LogP contribution in [0.2, 0.25) is 0 Å². The van der Waals surface area contributed by atoms with Gasteiger partial charge in [-0.25, -0.2) is 9.97 Å². The Labute approximate surface area is 120 Å². The topological polar surface area (TPSA) is 61.4 Å². The maximum atomic E-state index is 11.3. The van der Waals surface area contributed by atoms with Crippen molar-refractivity contribution in [2.75, 3.05) is 31.1 Å². The van der Waals surface area contributed by atoms with Crippen LogP contribution in [0, 0.1) is 0 Å². The maximum absolute atomic E-state index is 11.3. The Morgan fingerprint density at radius 1 is 1.25 bits per heavy atom. The van der Waals surface area contributed by atoms with E-state index in [1.54, 1.807) is 6.92 Å². The van der Waals surface area contributed by atoms with Crippen LogP contribution in [0.1, 0.15) is 26.3 Å². The summed E-state index contributed by atoms with van der Waals surface area (Å²) in [5, 5.41) is 3.34. The van der Waals surface area contributed by atoms with E-state index >= 15 is 0 Å². The smallest absolute Gasteiger partial charge is 0.225 e. The summed E-state index contributed by atoms with van der Waals surface area (Å²) in [5.41, 5.74) is 1.09. The van der Waals surface area contributed by atoms with Crippen molar-refractivity contribution in [3.8, 4) is 0 Å². The number of nitrogens with one attached hydrogen (secondary N) is 1. The highest BCUT2D eigenvalue weighted by Crippen LogP contribution is 2.11. The molecule has 1 amide bonds. The number of aromatic nitrogens is 2. The molecule has 0 atom stereocenters. The average Bonchev–Trinajstić information content (AvgIpc) is 2.46. The van der Waals surface area contributed by atoms with Crippen molar-refractivity contribution < 1.29 is 4.79 Å². The lowest BCUT2D eigenvalue weighted by Gasteiger charge is -2.34. The van der Waals surface area contributed by atoms with Crippen LogP contribution in [-0.2, 0) is 11.3 Å². The van der Waals surface area contributed by atoms with Crippen molar-refractivity contribution in [1.82, 2.24) is 20.2 Å². The second kappa shape index (κ2) is 6.65. The predicted molar refractivity (Wildman–Crippen MR) is 78.5 cm³/mol. The predicted octanol–water partition coefficient (Wildman–Crippen LogP) is 0.643. The highest BCUT2D eigenvalue weighted by molar-refractivity contribution is 5.73. The van der Waals surface area contributed by atoms with Crippen molar-refractivity contribution >= 4 is 11.9 Å². The monoisotopic (exact) mass is 277 g/mol. The van der Waals surface area contributed by atoms with Gasteiger partial charge in [0.25, 0.3) is 0 Å². The third-order valence-corrected chi connectivity index (χ3v) is 3.41. The molecule has 1 saturated heterocycles. The molecule has 110 valence electrons. The minimum Gasteiger partial charge on any atom is -0.339 e. The molecule has 0 unspecified atom stereocenters. The number of rotatable bonds is 4.